The summed E-state index contributed by atoms with van der Waals surface area (Å²) >= 11 is 0. The zero-order valence-corrected chi connectivity index (χ0v) is 11.7. The Morgan fingerprint density at radius 2 is 1.90 bits per heavy atom. The van der Waals surface area contributed by atoms with Crippen molar-refractivity contribution >= 4 is 5.84 Å². The van der Waals surface area contributed by atoms with E-state index in [9.17, 15) is 0 Å². The number of benzene rings is 1. The van der Waals surface area contributed by atoms with E-state index in [1.54, 1.807) is 18.3 Å². The van der Waals surface area contributed by atoms with Crippen molar-refractivity contribution in [3.63, 3.8) is 0 Å². The molecule has 1 aromatic carbocycles. The number of amidine groups is 1. The Kier molecular flexibility index (Phi) is 3.89. The normalized spacial score (nSPS) is 11.4. The summed E-state index contributed by atoms with van der Waals surface area (Å²) < 4.78 is 5.92. The van der Waals surface area contributed by atoms with E-state index in [0.717, 1.165) is 22.4 Å². The number of hydrogen-bond donors (Lipinski definition) is 2. The third kappa shape index (κ3) is 2.71. The van der Waals surface area contributed by atoms with Crippen molar-refractivity contribution in [2.24, 2.45) is 10.9 Å². The Bertz CT molecular complexity index is 666. The molecule has 104 valence electrons. The van der Waals surface area contributed by atoms with E-state index in [1.807, 2.05) is 26.8 Å². The lowest BCUT2D eigenvalue weighted by Crippen LogP contribution is -2.14. The van der Waals surface area contributed by atoms with Gasteiger partial charge in [-0.3, -0.25) is 4.98 Å². The van der Waals surface area contributed by atoms with Gasteiger partial charge in [-0.1, -0.05) is 17.3 Å². The Balaban J connectivity index is 2.38. The van der Waals surface area contributed by atoms with E-state index >= 15 is 0 Å². The minimum absolute atomic E-state index is 0.0480. The average Bonchev–Trinajstić information content (AvgIpc) is 2.47. The maximum absolute atomic E-state index is 8.68. The molecule has 20 heavy (non-hydrogen) atoms. The molecule has 0 fully saturated rings. The molecule has 0 aliphatic heterocycles. The molecule has 0 unspecified atom stereocenters. The highest BCUT2D eigenvalue weighted by molar-refractivity contribution is 5.95. The van der Waals surface area contributed by atoms with Crippen LogP contribution >= 0.6 is 0 Å². The number of rotatable bonds is 3. The van der Waals surface area contributed by atoms with Crippen molar-refractivity contribution in [2.45, 2.75) is 20.8 Å². The van der Waals surface area contributed by atoms with E-state index in [0.29, 0.717) is 11.4 Å². The maximum Gasteiger partial charge on any atom is 0.188 e. The van der Waals surface area contributed by atoms with Crippen molar-refractivity contribution in [3.05, 3.63) is 52.8 Å². The first kappa shape index (κ1) is 13.9. The highest BCUT2D eigenvalue weighted by Crippen LogP contribution is 2.30. The predicted octanol–water partition coefficient (Wildman–Crippen LogP) is 2.89. The molecular weight excluding hydrogens is 254 g/mol. The first-order valence-corrected chi connectivity index (χ1v) is 6.21. The van der Waals surface area contributed by atoms with Gasteiger partial charge in [-0.05, 0) is 43.5 Å². The summed E-state index contributed by atoms with van der Waals surface area (Å²) in [6.45, 7) is 6.05. The van der Waals surface area contributed by atoms with E-state index in [2.05, 4.69) is 16.2 Å². The number of pyridine rings is 1. The summed E-state index contributed by atoms with van der Waals surface area (Å²) in [7, 11) is 0. The van der Waals surface area contributed by atoms with Gasteiger partial charge in [-0.25, -0.2) is 0 Å². The Hall–Kier alpha value is -2.56. The third-order valence-electron chi connectivity index (χ3n) is 3.20. The third-order valence-corrected chi connectivity index (χ3v) is 3.20. The molecule has 0 saturated heterocycles. The Morgan fingerprint density at radius 3 is 2.60 bits per heavy atom. The molecule has 3 N–H and O–H groups in total. The molecule has 2 rings (SSSR count). The molecule has 1 aromatic heterocycles. The smallest absolute Gasteiger partial charge is 0.188 e. The zero-order chi connectivity index (χ0) is 14.7. The molecule has 5 heteroatoms. The first-order chi connectivity index (χ1) is 9.52. The van der Waals surface area contributed by atoms with Gasteiger partial charge in [0.1, 0.15) is 17.2 Å². The van der Waals surface area contributed by atoms with Crippen molar-refractivity contribution in [2.75, 3.05) is 0 Å². The highest BCUT2D eigenvalue weighted by atomic mass is 16.5. The molecule has 0 spiro atoms. The zero-order valence-electron chi connectivity index (χ0n) is 11.7. The molecular formula is C15H17N3O2. The number of aromatic nitrogens is 1. The summed E-state index contributed by atoms with van der Waals surface area (Å²) in [5, 5.41) is 11.6. The second kappa shape index (κ2) is 5.61. The Labute approximate surface area is 117 Å². The lowest BCUT2D eigenvalue weighted by molar-refractivity contribution is 0.318. The summed E-state index contributed by atoms with van der Waals surface area (Å²) in [5.74, 6) is 1.37. The standard InChI is InChI=1S/C15H17N3O2/c1-9-4-5-10(2)14(11(9)3)20-12-6-7-17-13(8-12)15(16)18-19/h4-8,19H,1-3H3,(H2,16,18). The lowest BCUT2D eigenvalue weighted by atomic mass is 10.1. The summed E-state index contributed by atoms with van der Waals surface area (Å²) in [6, 6.07) is 7.45. The van der Waals surface area contributed by atoms with Gasteiger partial charge >= 0.3 is 0 Å². The van der Waals surface area contributed by atoms with Gasteiger partial charge in [0.15, 0.2) is 5.84 Å². The van der Waals surface area contributed by atoms with Crippen LogP contribution in [-0.4, -0.2) is 16.0 Å². The van der Waals surface area contributed by atoms with Crippen LogP contribution in [0.5, 0.6) is 11.5 Å². The van der Waals surface area contributed by atoms with Gasteiger partial charge in [-0.15, -0.1) is 0 Å². The van der Waals surface area contributed by atoms with Crippen LogP contribution in [0.4, 0.5) is 0 Å². The molecule has 0 aliphatic rings. The van der Waals surface area contributed by atoms with Crippen LogP contribution in [0.25, 0.3) is 0 Å². The van der Waals surface area contributed by atoms with Gasteiger partial charge in [0, 0.05) is 12.3 Å². The van der Waals surface area contributed by atoms with E-state index in [-0.39, 0.29) is 5.84 Å². The van der Waals surface area contributed by atoms with Crippen molar-refractivity contribution in [3.8, 4) is 11.5 Å². The number of oxime groups is 1. The highest BCUT2D eigenvalue weighted by Gasteiger charge is 2.09. The maximum atomic E-state index is 8.68. The fourth-order valence-corrected chi connectivity index (χ4v) is 1.87. The minimum atomic E-state index is -0.0480. The largest absolute Gasteiger partial charge is 0.457 e. The van der Waals surface area contributed by atoms with Crippen molar-refractivity contribution in [1.82, 2.24) is 4.98 Å². The fourth-order valence-electron chi connectivity index (χ4n) is 1.87. The molecule has 0 saturated carbocycles. The summed E-state index contributed by atoms with van der Waals surface area (Å²) in [5.41, 5.74) is 9.20. The first-order valence-electron chi connectivity index (χ1n) is 6.21. The van der Waals surface area contributed by atoms with Gasteiger partial charge in [0.25, 0.3) is 0 Å². The van der Waals surface area contributed by atoms with Crippen LogP contribution in [-0.2, 0) is 0 Å². The minimum Gasteiger partial charge on any atom is -0.457 e. The number of ether oxygens (including phenoxy) is 1. The number of hydrogen-bond acceptors (Lipinski definition) is 4. The summed E-state index contributed by atoms with van der Waals surface area (Å²) in [6.07, 6.45) is 1.56. The average molecular weight is 271 g/mol. The van der Waals surface area contributed by atoms with Crippen LogP contribution in [0, 0.1) is 20.8 Å². The predicted molar refractivity (Wildman–Crippen MR) is 77.5 cm³/mol. The van der Waals surface area contributed by atoms with E-state index < -0.39 is 0 Å². The van der Waals surface area contributed by atoms with Crippen molar-refractivity contribution < 1.29 is 9.94 Å². The number of aryl methyl sites for hydroxylation is 2. The van der Waals surface area contributed by atoms with Gasteiger partial charge in [0.05, 0.1) is 0 Å². The second-order valence-corrected chi connectivity index (χ2v) is 4.62. The van der Waals surface area contributed by atoms with Crippen LogP contribution in [0.2, 0.25) is 0 Å². The van der Waals surface area contributed by atoms with E-state index in [4.69, 9.17) is 15.7 Å². The Morgan fingerprint density at radius 1 is 1.20 bits per heavy atom. The number of nitrogens with two attached hydrogens (primary N) is 1. The van der Waals surface area contributed by atoms with Crippen LogP contribution in [0.1, 0.15) is 22.4 Å². The van der Waals surface area contributed by atoms with Crippen LogP contribution in [0.15, 0.2) is 35.6 Å². The van der Waals surface area contributed by atoms with Gasteiger partial charge < -0.3 is 15.7 Å². The monoisotopic (exact) mass is 271 g/mol. The molecule has 5 nitrogen and oxygen atoms in total. The molecule has 2 aromatic rings. The van der Waals surface area contributed by atoms with E-state index in [1.165, 1.54) is 0 Å². The topological polar surface area (TPSA) is 80.7 Å². The molecule has 0 amide bonds. The second-order valence-electron chi connectivity index (χ2n) is 4.62. The molecule has 1 heterocycles. The van der Waals surface area contributed by atoms with Crippen LogP contribution < -0.4 is 10.5 Å². The van der Waals surface area contributed by atoms with Crippen LogP contribution in [0.3, 0.4) is 0 Å². The molecule has 0 radical (unpaired) electrons. The van der Waals surface area contributed by atoms with Gasteiger partial charge in [0.2, 0.25) is 0 Å². The quantitative estimate of drug-likeness (QED) is 0.389. The molecule has 0 bridgehead atoms. The van der Waals surface area contributed by atoms with Crippen molar-refractivity contribution in [1.29, 1.82) is 0 Å². The fraction of sp³-hybridized carbons (Fsp3) is 0.200. The number of nitrogens with zero attached hydrogens (tertiary/aromatic N) is 2. The lowest BCUT2D eigenvalue weighted by Gasteiger charge is -2.14. The van der Waals surface area contributed by atoms with Gasteiger partial charge in [-0.2, -0.15) is 0 Å². The SMILES string of the molecule is Cc1ccc(C)c(Oc2ccnc(C(N)=NO)c2)c1C. The molecule has 0 atom stereocenters. The molecule has 0 aliphatic carbocycles. The summed E-state index contributed by atoms with van der Waals surface area (Å²) in [4.78, 5) is 4.02.